The third-order valence-electron chi connectivity index (χ3n) is 4.28. The van der Waals surface area contributed by atoms with Crippen LogP contribution in [0.3, 0.4) is 0 Å². The minimum Gasteiger partial charge on any atom is -0.494 e. The molecule has 0 unspecified atom stereocenters. The highest BCUT2D eigenvalue weighted by molar-refractivity contribution is 7.14. The lowest BCUT2D eigenvalue weighted by atomic mass is 10.2. The SMILES string of the molecule is CCOc1ccc(-c2csc(NC(=O)c3ccc(Oc4ccccc4)cc3)n2)cc1. The highest BCUT2D eigenvalue weighted by Crippen LogP contribution is 2.27. The highest BCUT2D eigenvalue weighted by Gasteiger charge is 2.11. The summed E-state index contributed by atoms with van der Waals surface area (Å²) >= 11 is 1.39. The van der Waals surface area contributed by atoms with Crippen molar-refractivity contribution in [2.75, 3.05) is 11.9 Å². The summed E-state index contributed by atoms with van der Waals surface area (Å²) in [4.78, 5) is 17.1. The first kappa shape index (κ1) is 19.7. The van der Waals surface area contributed by atoms with Crippen LogP contribution >= 0.6 is 11.3 Å². The molecule has 1 aromatic heterocycles. The van der Waals surface area contributed by atoms with E-state index in [0.717, 1.165) is 22.8 Å². The predicted molar refractivity (Wildman–Crippen MR) is 120 cm³/mol. The number of carbonyl (C=O) groups excluding carboxylic acids is 1. The van der Waals surface area contributed by atoms with Gasteiger partial charge in [-0.3, -0.25) is 10.1 Å². The average molecular weight is 417 g/mol. The number of para-hydroxylation sites is 1. The first-order valence-corrected chi connectivity index (χ1v) is 10.4. The molecule has 0 bridgehead atoms. The van der Waals surface area contributed by atoms with Crippen LogP contribution in [-0.4, -0.2) is 17.5 Å². The van der Waals surface area contributed by atoms with Crippen molar-refractivity contribution in [2.24, 2.45) is 0 Å². The zero-order chi connectivity index (χ0) is 20.8. The minimum absolute atomic E-state index is 0.214. The number of ether oxygens (including phenoxy) is 2. The number of benzene rings is 3. The van der Waals surface area contributed by atoms with Crippen molar-refractivity contribution in [2.45, 2.75) is 6.92 Å². The molecule has 6 heteroatoms. The van der Waals surface area contributed by atoms with E-state index >= 15 is 0 Å². The molecule has 0 aliphatic heterocycles. The summed E-state index contributed by atoms with van der Waals surface area (Å²) in [5.41, 5.74) is 2.32. The minimum atomic E-state index is -0.214. The molecule has 1 amide bonds. The van der Waals surface area contributed by atoms with Crippen molar-refractivity contribution < 1.29 is 14.3 Å². The lowest BCUT2D eigenvalue weighted by molar-refractivity contribution is 0.102. The Morgan fingerprint density at radius 2 is 1.57 bits per heavy atom. The van der Waals surface area contributed by atoms with Crippen LogP contribution in [0, 0.1) is 0 Å². The van der Waals surface area contributed by atoms with Crippen molar-refractivity contribution in [3.63, 3.8) is 0 Å². The third kappa shape index (κ3) is 4.85. The van der Waals surface area contributed by atoms with E-state index in [1.54, 1.807) is 24.3 Å². The smallest absolute Gasteiger partial charge is 0.257 e. The Morgan fingerprint density at radius 3 is 2.27 bits per heavy atom. The Labute approximate surface area is 178 Å². The lowest BCUT2D eigenvalue weighted by Crippen LogP contribution is -2.11. The molecule has 0 aliphatic rings. The van der Waals surface area contributed by atoms with Gasteiger partial charge in [0, 0.05) is 16.5 Å². The molecule has 30 heavy (non-hydrogen) atoms. The molecular weight excluding hydrogens is 396 g/mol. The van der Waals surface area contributed by atoms with Crippen LogP contribution in [0.5, 0.6) is 17.2 Å². The largest absolute Gasteiger partial charge is 0.494 e. The van der Waals surface area contributed by atoms with Crippen LogP contribution in [0.15, 0.2) is 84.2 Å². The Bertz CT molecular complexity index is 1110. The van der Waals surface area contributed by atoms with E-state index in [-0.39, 0.29) is 5.91 Å². The quantitative estimate of drug-likeness (QED) is 0.387. The van der Waals surface area contributed by atoms with Crippen LogP contribution in [0.1, 0.15) is 17.3 Å². The molecule has 0 saturated heterocycles. The zero-order valence-corrected chi connectivity index (χ0v) is 17.2. The maximum absolute atomic E-state index is 12.5. The van der Waals surface area contributed by atoms with Gasteiger partial charge in [-0.2, -0.15) is 0 Å². The Hall–Kier alpha value is -3.64. The normalized spacial score (nSPS) is 10.4. The molecule has 5 nitrogen and oxygen atoms in total. The van der Waals surface area contributed by atoms with Gasteiger partial charge in [-0.05, 0) is 67.6 Å². The first-order chi connectivity index (χ1) is 14.7. The zero-order valence-electron chi connectivity index (χ0n) is 16.4. The number of anilines is 1. The summed E-state index contributed by atoms with van der Waals surface area (Å²) in [6, 6.07) is 24.3. The maximum Gasteiger partial charge on any atom is 0.257 e. The van der Waals surface area contributed by atoms with Gasteiger partial charge in [-0.1, -0.05) is 18.2 Å². The summed E-state index contributed by atoms with van der Waals surface area (Å²) < 4.78 is 11.2. The third-order valence-corrected chi connectivity index (χ3v) is 5.04. The van der Waals surface area contributed by atoms with Gasteiger partial charge in [0.15, 0.2) is 5.13 Å². The summed E-state index contributed by atoms with van der Waals surface area (Å²) in [7, 11) is 0. The fourth-order valence-corrected chi connectivity index (χ4v) is 3.54. The number of nitrogens with zero attached hydrogens (tertiary/aromatic N) is 1. The average Bonchev–Trinajstić information content (AvgIpc) is 3.24. The fourth-order valence-electron chi connectivity index (χ4n) is 2.82. The van der Waals surface area contributed by atoms with Crippen LogP contribution in [0.4, 0.5) is 5.13 Å². The van der Waals surface area contributed by atoms with Gasteiger partial charge in [0.1, 0.15) is 17.2 Å². The number of hydrogen-bond acceptors (Lipinski definition) is 5. The first-order valence-electron chi connectivity index (χ1n) is 9.54. The second-order valence-corrected chi connectivity index (χ2v) is 7.25. The molecule has 150 valence electrons. The molecule has 0 radical (unpaired) electrons. The van der Waals surface area contributed by atoms with Gasteiger partial charge in [0.2, 0.25) is 0 Å². The van der Waals surface area contributed by atoms with E-state index in [1.165, 1.54) is 11.3 Å². The van der Waals surface area contributed by atoms with Crippen LogP contribution < -0.4 is 14.8 Å². The lowest BCUT2D eigenvalue weighted by Gasteiger charge is -2.06. The number of rotatable bonds is 7. The van der Waals surface area contributed by atoms with E-state index in [1.807, 2.05) is 66.9 Å². The Morgan fingerprint density at radius 1 is 0.900 bits per heavy atom. The number of aromatic nitrogens is 1. The van der Waals surface area contributed by atoms with Crippen LogP contribution in [0.2, 0.25) is 0 Å². The van der Waals surface area contributed by atoms with E-state index in [4.69, 9.17) is 9.47 Å². The number of carbonyl (C=O) groups is 1. The Balaban J connectivity index is 1.39. The highest BCUT2D eigenvalue weighted by atomic mass is 32.1. The molecule has 4 rings (SSSR count). The van der Waals surface area contributed by atoms with Gasteiger partial charge in [0.25, 0.3) is 5.91 Å². The van der Waals surface area contributed by atoms with Gasteiger partial charge in [-0.25, -0.2) is 4.98 Å². The summed E-state index contributed by atoms with van der Waals surface area (Å²) in [6.07, 6.45) is 0. The molecule has 1 N–H and O–H groups in total. The molecular formula is C24H20N2O3S. The van der Waals surface area contributed by atoms with E-state index in [0.29, 0.717) is 23.1 Å². The number of amides is 1. The van der Waals surface area contributed by atoms with Crippen molar-refractivity contribution in [3.8, 4) is 28.5 Å². The summed E-state index contributed by atoms with van der Waals surface area (Å²) in [5, 5.41) is 5.32. The summed E-state index contributed by atoms with van der Waals surface area (Å²) in [5.74, 6) is 2.03. The molecule has 0 atom stereocenters. The molecule has 3 aromatic carbocycles. The van der Waals surface area contributed by atoms with Gasteiger partial charge >= 0.3 is 0 Å². The second-order valence-electron chi connectivity index (χ2n) is 6.39. The second kappa shape index (κ2) is 9.24. The van der Waals surface area contributed by atoms with Crippen molar-refractivity contribution in [1.29, 1.82) is 0 Å². The van der Waals surface area contributed by atoms with Crippen molar-refractivity contribution in [3.05, 3.63) is 89.8 Å². The molecule has 1 heterocycles. The van der Waals surface area contributed by atoms with Gasteiger partial charge in [0.05, 0.1) is 12.3 Å². The monoisotopic (exact) mass is 416 g/mol. The van der Waals surface area contributed by atoms with Crippen molar-refractivity contribution in [1.82, 2.24) is 4.98 Å². The Kier molecular flexibility index (Phi) is 6.06. The molecule has 0 spiro atoms. The topological polar surface area (TPSA) is 60.5 Å². The van der Waals surface area contributed by atoms with E-state index < -0.39 is 0 Å². The van der Waals surface area contributed by atoms with E-state index in [2.05, 4.69) is 10.3 Å². The number of thiazole rings is 1. The predicted octanol–water partition coefficient (Wildman–Crippen LogP) is 6.25. The van der Waals surface area contributed by atoms with Gasteiger partial charge < -0.3 is 9.47 Å². The molecule has 0 aliphatic carbocycles. The molecule has 4 aromatic rings. The molecule has 0 fully saturated rings. The van der Waals surface area contributed by atoms with Crippen LogP contribution in [0.25, 0.3) is 11.3 Å². The van der Waals surface area contributed by atoms with Gasteiger partial charge in [-0.15, -0.1) is 11.3 Å². The van der Waals surface area contributed by atoms with E-state index in [9.17, 15) is 4.79 Å². The maximum atomic E-state index is 12.5. The molecule has 0 saturated carbocycles. The number of hydrogen-bond donors (Lipinski definition) is 1. The van der Waals surface area contributed by atoms with Crippen molar-refractivity contribution >= 4 is 22.4 Å². The van der Waals surface area contributed by atoms with Crippen LogP contribution in [-0.2, 0) is 0 Å². The number of nitrogens with one attached hydrogen (secondary N) is 1. The standard InChI is InChI=1S/C24H20N2O3S/c1-2-28-19-12-8-17(9-13-19)22-16-30-24(25-22)26-23(27)18-10-14-21(15-11-18)29-20-6-4-3-5-7-20/h3-16H,2H2,1H3,(H,25,26,27). The summed E-state index contributed by atoms with van der Waals surface area (Å²) in [6.45, 7) is 2.58. The fraction of sp³-hybridized carbons (Fsp3) is 0.0833.